The molecule has 0 aliphatic heterocycles. The average Bonchev–Trinajstić information content (AvgIpc) is 2.64. The van der Waals surface area contributed by atoms with Crippen molar-refractivity contribution >= 4 is 17.7 Å². The molecule has 0 saturated heterocycles. The molecule has 0 aromatic carbocycles. The zero-order valence-electron chi connectivity index (χ0n) is 7.93. The molecule has 0 fully saturated rings. The highest BCUT2D eigenvalue weighted by Crippen LogP contribution is 2.22. The van der Waals surface area contributed by atoms with Crippen molar-refractivity contribution in [1.29, 1.82) is 0 Å². The molecule has 2 heterocycles. The van der Waals surface area contributed by atoms with Gasteiger partial charge in [-0.25, -0.2) is 20.8 Å². The average molecular weight is 223 g/mol. The first-order valence-electron chi connectivity index (χ1n) is 4.14. The van der Waals surface area contributed by atoms with Crippen molar-refractivity contribution in [3.8, 4) is 0 Å². The highest BCUT2D eigenvalue weighted by molar-refractivity contribution is 7.99. The summed E-state index contributed by atoms with van der Waals surface area (Å²) in [6.07, 6.45) is 1.62. The van der Waals surface area contributed by atoms with Gasteiger partial charge in [-0.15, -0.1) is 5.10 Å². The van der Waals surface area contributed by atoms with E-state index in [4.69, 9.17) is 5.84 Å². The molecule has 78 valence electrons. The minimum Gasteiger partial charge on any atom is -0.292 e. The molecule has 0 radical (unpaired) electrons. The topological polar surface area (TPSA) is 105 Å². The van der Waals surface area contributed by atoms with Crippen LogP contribution in [0.3, 0.4) is 0 Å². The summed E-state index contributed by atoms with van der Waals surface area (Å²) in [5, 5.41) is 8.09. The summed E-state index contributed by atoms with van der Waals surface area (Å²) in [7, 11) is 0. The zero-order chi connectivity index (χ0) is 10.7. The molecular formula is C7H9N7S. The molecule has 15 heavy (non-hydrogen) atoms. The largest absolute Gasteiger partial charge is 0.292 e. The number of aryl methyl sites for hydroxylation is 1. The van der Waals surface area contributed by atoms with Crippen molar-refractivity contribution in [3.63, 3.8) is 0 Å². The first-order valence-corrected chi connectivity index (χ1v) is 4.96. The normalized spacial score (nSPS) is 10.3. The van der Waals surface area contributed by atoms with E-state index in [1.807, 2.05) is 6.92 Å². The molecule has 2 aromatic heterocycles. The molecule has 0 saturated carbocycles. The fourth-order valence-corrected chi connectivity index (χ4v) is 1.65. The van der Waals surface area contributed by atoms with Gasteiger partial charge in [0.15, 0.2) is 0 Å². The lowest BCUT2D eigenvalue weighted by Gasteiger charge is -1.99. The Morgan fingerprint density at radius 2 is 2.33 bits per heavy atom. The van der Waals surface area contributed by atoms with E-state index in [-0.39, 0.29) is 0 Å². The summed E-state index contributed by atoms with van der Waals surface area (Å²) in [6, 6.07) is 1.76. The fraction of sp³-hybridized carbons (Fsp3) is 0.143. The molecule has 8 heteroatoms. The number of nitrogens with zero attached hydrogens (tertiary/aromatic N) is 4. The Balaban J connectivity index is 2.16. The molecule has 4 N–H and O–H groups in total. The highest BCUT2D eigenvalue weighted by atomic mass is 32.2. The number of anilines is 1. The summed E-state index contributed by atoms with van der Waals surface area (Å²) in [6.45, 7) is 1.84. The second kappa shape index (κ2) is 4.24. The lowest BCUT2D eigenvalue weighted by atomic mass is 10.7. The van der Waals surface area contributed by atoms with E-state index < -0.39 is 0 Å². The van der Waals surface area contributed by atoms with Crippen molar-refractivity contribution in [2.75, 3.05) is 5.43 Å². The first-order chi connectivity index (χ1) is 7.28. The number of nitrogens with one attached hydrogen (secondary N) is 2. The molecule has 0 bridgehead atoms. The van der Waals surface area contributed by atoms with E-state index in [1.54, 1.807) is 12.3 Å². The van der Waals surface area contributed by atoms with Crippen LogP contribution in [0.15, 0.2) is 22.4 Å². The lowest BCUT2D eigenvalue weighted by Crippen LogP contribution is -2.10. The number of H-pyrrole nitrogens is 1. The van der Waals surface area contributed by atoms with E-state index in [2.05, 4.69) is 30.6 Å². The van der Waals surface area contributed by atoms with Gasteiger partial charge in [-0.3, -0.25) is 10.5 Å². The Hall–Kier alpha value is -1.67. The van der Waals surface area contributed by atoms with Gasteiger partial charge in [-0.2, -0.15) is 0 Å². The Kier molecular flexibility index (Phi) is 2.79. The molecular weight excluding hydrogens is 214 g/mol. The number of rotatable bonds is 3. The predicted octanol–water partition coefficient (Wildman–Crippen LogP) is 0.340. The Labute approximate surface area is 89.9 Å². The van der Waals surface area contributed by atoms with Crippen LogP contribution in [0.5, 0.6) is 0 Å². The number of hydrazine groups is 1. The third kappa shape index (κ3) is 2.42. The maximum atomic E-state index is 5.19. The molecule has 0 amide bonds. The third-order valence-corrected chi connectivity index (χ3v) is 2.33. The van der Waals surface area contributed by atoms with Crippen LogP contribution in [-0.2, 0) is 0 Å². The number of aromatic amines is 1. The smallest absolute Gasteiger partial charge is 0.238 e. The first kappa shape index (κ1) is 9.87. The van der Waals surface area contributed by atoms with Gasteiger partial charge >= 0.3 is 0 Å². The fourth-order valence-electron chi connectivity index (χ4n) is 0.930. The molecule has 0 aliphatic rings. The van der Waals surface area contributed by atoms with Crippen molar-refractivity contribution in [3.05, 3.63) is 18.1 Å². The molecule has 0 atom stereocenters. The number of aromatic nitrogens is 5. The minimum atomic E-state index is 0.368. The summed E-state index contributed by atoms with van der Waals surface area (Å²) < 4.78 is 0. The lowest BCUT2D eigenvalue weighted by molar-refractivity contribution is 0.959. The van der Waals surface area contributed by atoms with E-state index in [1.165, 1.54) is 11.8 Å². The van der Waals surface area contributed by atoms with Gasteiger partial charge in [0.2, 0.25) is 11.1 Å². The van der Waals surface area contributed by atoms with Crippen molar-refractivity contribution < 1.29 is 0 Å². The van der Waals surface area contributed by atoms with E-state index in [0.717, 1.165) is 10.9 Å². The van der Waals surface area contributed by atoms with Crippen molar-refractivity contribution in [1.82, 2.24) is 25.1 Å². The summed E-state index contributed by atoms with van der Waals surface area (Å²) in [5.74, 6) is 6.33. The second-order valence-electron chi connectivity index (χ2n) is 2.67. The van der Waals surface area contributed by atoms with Crippen LogP contribution in [0.2, 0.25) is 0 Å². The van der Waals surface area contributed by atoms with Gasteiger partial charge in [0, 0.05) is 6.20 Å². The van der Waals surface area contributed by atoms with Gasteiger partial charge in [-0.1, -0.05) is 0 Å². The molecule has 0 unspecified atom stereocenters. The van der Waals surface area contributed by atoms with E-state index in [9.17, 15) is 0 Å². The summed E-state index contributed by atoms with van der Waals surface area (Å²) in [5.41, 5.74) is 2.37. The number of hydrogen-bond acceptors (Lipinski definition) is 7. The molecule has 7 nitrogen and oxygen atoms in total. The van der Waals surface area contributed by atoms with Crippen LogP contribution in [0.1, 0.15) is 5.82 Å². The van der Waals surface area contributed by atoms with Crippen LogP contribution in [0.4, 0.5) is 5.95 Å². The van der Waals surface area contributed by atoms with Crippen LogP contribution >= 0.6 is 11.8 Å². The Morgan fingerprint density at radius 1 is 1.47 bits per heavy atom. The summed E-state index contributed by atoms with van der Waals surface area (Å²) >= 11 is 1.34. The van der Waals surface area contributed by atoms with Crippen molar-refractivity contribution in [2.24, 2.45) is 5.84 Å². The number of nitrogens with two attached hydrogens (primary N) is 1. The molecule has 2 aromatic rings. The Bertz CT molecular complexity index is 454. The predicted molar refractivity (Wildman–Crippen MR) is 55.1 cm³/mol. The molecule has 0 spiro atoms. The van der Waals surface area contributed by atoms with E-state index >= 15 is 0 Å². The molecule has 2 rings (SSSR count). The Morgan fingerprint density at radius 3 is 3.00 bits per heavy atom. The van der Waals surface area contributed by atoms with Crippen LogP contribution in [-0.4, -0.2) is 25.1 Å². The van der Waals surface area contributed by atoms with Crippen LogP contribution in [0.25, 0.3) is 0 Å². The minimum absolute atomic E-state index is 0.368. The monoisotopic (exact) mass is 223 g/mol. The second-order valence-corrected chi connectivity index (χ2v) is 3.66. The van der Waals surface area contributed by atoms with Gasteiger partial charge in [-0.05, 0) is 24.8 Å². The number of nitrogen functional groups attached to an aromatic ring is 1. The van der Waals surface area contributed by atoms with Gasteiger partial charge < -0.3 is 0 Å². The SMILES string of the molecule is Cc1nc(Sc2ccnc(NN)n2)n[nH]1. The van der Waals surface area contributed by atoms with Crippen LogP contribution < -0.4 is 11.3 Å². The van der Waals surface area contributed by atoms with Gasteiger partial charge in [0.1, 0.15) is 10.9 Å². The quantitative estimate of drug-likeness (QED) is 0.391. The van der Waals surface area contributed by atoms with Crippen LogP contribution in [0, 0.1) is 6.92 Å². The van der Waals surface area contributed by atoms with Gasteiger partial charge in [0.25, 0.3) is 0 Å². The van der Waals surface area contributed by atoms with Crippen molar-refractivity contribution in [2.45, 2.75) is 17.1 Å². The van der Waals surface area contributed by atoms with Gasteiger partial charge in [0.05, 0.1) is 0 Å². The summed E-state index contributed by atoms with van der Waals surface area (Å²) in [4.78, 5) is 12.2. The maximum Gasteiger partial charge on any atom is 0.238 e. The number of hydrogen-bond donors (Lipinski definition) is 3. The third-order valence-electron chi connectivity index (χ3n) is 1.53. The maximum absolute atomic E-state index is 5.19. The zero-order valence-corrected chi connectivity index (χ0v) is 8.75. The standard InChI is InChI=1S/C7H9N7S/c1-4-10-7(14-13-4)15-5-2-3-9-6(11-5)12-8/h2-3H,8H2,1H3,(H,9,11,12)(H,10,13,14). The highest BCUT2D eigenvalue weighted by Gasteiger charge is 2.04. The molecule has 0 aliphatic carbocycles. The van der Waals surface area contributed by atoms with E-state index in [0.29, 0.717) is 11.1 Å².